The Balaban J connectivity index is 2.67. The number of ether oxygens (including phenoxy) is 1. The van der Waals surface area contributed by atoms with Crippen LogP contribution in [0.15, 0.2) is 18.2 Å². The number of nitrogens with two attached hydrogens (primary N) is 1. The van der Waals surface area contributed by atoms with Gasteiger partial charge in [-0.15, -0.1) is 0 Å². The molecular formula is C9H10FNO5S. The van der Waals surface area contributed by atoms with Crippen molar-refractivity contribution in [1.29, 1.82) is 0 Å². The molecule has 3 N–H and O–H groups in total. The van der Waals surface area contributed by atoms with Crippen LogP contribution >= 0.6 is 0 Å². The zero-order valence-electron chi connectivity index (χ0n) is 8.59. The smallest absolute Gasteiger partial charge is 0.340 e. The minimum absolute atomic E-state index is 0.0169. The zero-order chi connectivity index (χ0) is 13.1. The summed E-state index contributed by atoms with van der Waals surface area (Å²) in [4.78, 5) is 11.4. The summed E-state index contributed by atoms with van der Waals surface area (Å²) in [6, 6.07) is 3.14. The minimum atomic E-state index is -4.20. The molecule has 0 bridgehead atoms. The van der Waals surface area contributed by atoms with Gasteiger partial charge in [-0.1, -0.05) is 0 Å². The molecule has 0 aliphatic carbocycles. The van der Waals surface area contributed by atoms with Gasteiger partial charge in [0.1, 0.15) is 18.2 Å². The van der Waals surface area contributed by atoms with Gasteiger partial charge < -0.3 is 10.5 Å². The van der Waals surface area contributed by atoms with Crippen LogP contribution < -0.4 is 5.73 Å². The van der Waals surface area contributed by atoms with Gasteiger partial charge in [-0.25, -0.2) is 9.18 Å². The molecule has 0 saturated heterocycles. The molecule has 0 aliphatic rings. The number of hydrogen-bond acceptors (Lipinski definition) is 5. The lowest BCUT2D eigenvalue weighted by Crippen LogP contribution is -2.15. The maximum Gasteiger partial charge on any atom is 0.340 e. The Kier molecular flexibility index (Phi) is 4.02. The van der Waals surface area contributed by atoms with Crippen LogP contribution in [0.2, 0.25) is 0 Å². The van der Waals surface area contributed by atoms with Crippen molar-refractivity contribution in [3.63, 3.8) is 0 Å². The van der Waals surface area contributed by atoms with E-state index in [0.717, 1.165) is 12.1 Å². The average Bonchev–Trinajstić information content (AvgIpc) is 2.19. The Bertz CT molecular complexity index is 528. The molecule has 0 radical (unpaired) electrons. The van der Waals surface area contributed by atoms with Gasteiger partial charge in [-0.3, -0.25) is 4.55 Å². The summed E-state index contributed by atoms with van der Waals surface area (Å²) in [5.74, 6) is -2.35. The third kappa shape index (κ3) is 4.37. The van der Waals surface area contributed by atoms with E-state index < -0.39 is 34.3 Å². The summed E-state index contributed by atoms with van der Waals surface area (Å²) >= 11 is 0. The largest absolute Gasteiger partial charge is 0.461 e. The highest BCUT2D eigenvalue weighted by atomic mass is 32.2. The molecule has 0 atom stereocenters. The highest BCUT2D eigenvalue weighted by molar-refractivity contribution is 7.85. The molecule has 0 saturated carbocycles. The number of rotatable bonds is 4. The number of carbonyl (C=O) groups excluding carboxylic acids is 1. The fraction of sp³-hybridized carbons (Fsp3) is 0.222. The van der Waals surface area contributed by atoms with E-state index in [2.05, 4.69) is 4.74 Å². The number of hydrogen-bond donors (Lipinski definition) is 2. The first-order valence-corrected chi connectivity index (χ1v) is 6.08. The van der Waals surface area contributed by atoms with Crippen molar-refractivity contribution in [2.75, 3.05) is 18.1 Å². The number of halogens is 1. The third-order valence-corrected chi connectivity index (χ3v) is 2.49. The summed E-state index contributed by atoms with van der Waals surface area (Å²) < 4.78 is 46.4. The molecule has 8 heteroatoms. The lowest BCUT2D eigenvalue weighted by atomic mass is 10.2. The fourth-order valence-electron chi connectivity index (χ4n) is 1.02. The molecule has 1 aromatic carbocycles. The van der Waals surface area contributed by atoms with Crippen LogP contribution in [0.5, 0.6) is 0 Å². The van der Waals surface area contributed by atoms with Crippen LogP contribution in [0.1, 0.15) is 10.4 Å². The number of benzene rings is 1. The van der Waals surface area contributed by atoms with Crippen LogP contribution in [0.25, 0.3) is 0 Å². The van der Waals surface area contributed by atoms with Crippen LogP contribution in [-0.4, -0.2) is 31.3 Å². The second-order valence-corrected chi connectivity index (χ2v) is 4.73. The topological polar surface area (TPSA) is 107 Å². The van der Waals surface area contributed by atoms with E-state index in [0.29, 0.717) is 0 Å². The van der Waals surface area contributed by atoms with Gasteiger partial charge >= 0.3 is 5.97 Å². The SMILES string of the molecule is Nc1ccc(F)cc1C(=O)OCCS(=O)(=O)O. The molecule has 0 aliphatic heterocycles. The Morgan fingerprint density at radius 3 is 2.71 bits per heavy atom. The third-order valence-electron chi connectivity index (χ3n) is 1.81. The summed E-state index contributed by atoms with van der Waals surface area (Å²) in [5, 5.41) is 0. The number of esters is 1. The lowest BCUT2D eigenvalue weighted by molar-refractivity contribution is 0.0529. The molecule has 0 amide bonds. The van der Waals surface area contributed by atoms with Crippen molar-refractivity contribution < 1.29 is 26.9 Å². The zero-order valence-corrected chi connectivity index (χ0v) is 9.41. The quantitative estimate of drug-likeness (QED) is 0.464. The second-order valence-electron chi connectivity index (χ2n) is 3.15. The molecule has 0 heterocycles. The van der Waals surface area contributed by atoms with E-state index in [1.165, 1.54) is 6.07 Å². The Hall–Kier alpha value is -1.67. The first kappa shape index (κ1) is 13.4. The summed E-state index contributed by atoms with van der Waals surface area (Å²) in [6.45, 7) is -0.534. The molecule has 1 rings (SSSR count). The van der Waals surface area contributed by atoms with Crippen molar-refractivity contribution in [3.8, 4) is 0 Å². The van der Waals surface area contributed by atoms with Crippen molar-refractivity contribution in [3.05, 3.63) is 29.6 Å². The lowest BCUT2D eigenvalue weighted by Gasteiger charge is -2.06. The summed E-state index contributed by atoms with van der Waals surface area (Å²) in [7, 11) is -4.20. The molecule has 1 aromatic rings. The normalized spacial score (nSPS) is 11.2. The highest BCUT2D eigenvalue weighted by Gasteiger charge is 2.13. The predicted molar refractivity (Wildman–Crippen MR) is 57.5 cm³/mol. The monoisotopic (exact) mass is 263 g/mol. The van der Waals surface area contributed by atoms with Crippen LogP contribution in [-0.2, 0) is 14.9 Å². The molecule has 17 heavy (non-hydrogen) atoms. The van der Waals surface area contributed by atoms with Gasteiger partial charge in [0.15, 0.2) is 0 Å². The Labute approximate surface area is 96.9 Å². The maximum absolute atomic E-state index is 12.8. The molecule has 0 fully saturated rings. The Morgan fingerprint density at radius 1 is 1.47 bits per heavy atom. The average molecular weight is 263 g/mol. The molecule has 0 spiro atoms. The molecule has 0 unspecified atom stereocenters. The maximum atomic E-state index is 12.8. The van der Waals surface area contributed by atoms with Gasteiger partial charge in [0, 0.05) is 5.69 Å². The van der Waals surface area contributed by atoms with Gasteiger partial charge in [0.2, 0.25) is 0 Å². The minimum Gasteiger partial charge on any atom is -0.461 e. The van der Waals surface area contributed by atoms with Gasteiger partial charge in [0.05, 0.1) is 5.56 Å². The van der Waals surface area contributed by atoms with Gasteiger partial charge in [-0.05, 0) is 18.2 Å². The first-order valence-electron chi connectivity index (χ1n) is 4.47. The van der Waals surface area contributed by atoms with Crippen molar-refractivity contribution in [2.45, 2.75) is 0 Å². The van der Waals surface area contributed by atoms with Crippen LogP contribution in [0, 0.1) is 5.82 Å². The van der Waals surface area contributed by atoms with Crippen molar-refractivity contribution in [2.24, 2.45) is 0 Å². The van der Waals surface area contributed by atoms with E-state index >= 15 is 0 Å². The standard InChI is InChI=1S/C9H10FNO5S/c10-6-1-2-8(11)7(5-6)9(12)16-3-4-17(13,14)15/h1-2,5H,3-4,11H2,(H,13,14,15). The Morgan fingerprint density at radius 2 is 2.12 bits per heavy atom. The summed E-state index contributed by atoms with van der Waals surface area (Å²) in [6.07, 6.45) is 0. The van der Waals surface area contributed by atoms with E-state index in [1.54, 1.807) is 0 Å². The van der Waals surface area contributed by atoms with Crippen LogP contribution in [0.4, 0.5) is 10.1 Å². The number of anilines is 1. The molecular weight excluding hydrogens is 253 g/mol. The van der Waals surface area contributed by atoms with Crippen molar-refractivity contribution >= 4 is 21.8 Å². The highest BCUT2D eigenvalue weighted by Crippen LogP contribution is 2.14. The van der Waals surface area contributed by atoms with Crippen molar-refractivity contribution in [1.82, 2.24) is 0 Å². The number of nitrogen functional groups attached to an aromatic ring is 1. The fourth-order valence-corrected chi connectivity index (χ4v) is 1.32. The second kappa shape index (κ2) is 5.11. The number of carbonyl (C=O) groups is 1. The first-order chi connectivity index (χ1) is 7.79. The van der Waals surface area contributed by atoms with E-state index in [1.807, 2.05) is 0 Å². The van der Waals surface area contributed by atoms with E-state index in [-0.39, 0.29) is 11.3 Å². The van der Waals surface area contributed by atoms with Gasteiger partial charge in [-0.2, -0.15) is 8.42 Å². The van der Waals surface area contributed by atoms with Gasteiger partial charge in [0.25, 0.3) is 10.1 Å². The molecule has 6 nitrogen and oxygen atoms in total. The van der Waals surface area contributed by atoms with Crippen LogP contribution in [0.3, 0.4) is 0 Å². The molecule has 94 valence electrons. The predicted octanol–water partition coefficient (Wildman–Crippen LogP) is 0.453. The molecule has 0 aromatic heterocycles. The van der Waals surface area contributed by atoms with E-state index in [9.17, 15) is 17.6 Å². The summed E-state index contributed by atoms with van der Waals surface area (Å²) in [5.41, 5.74) is 5.24. The van der Waals surface area contributed by atoms with E-state index in [4.69, 9.17) is 10.3 Å².